The van der Waals surface area contributed by atoms with Crippen LogP contribution in [0.3, 0.4) is 0 Å². The molecule has 0 spiro atoms. The average molecular weight is 298 g/mol. The predicted molar refractivity (Wildman–Crippen MR) is 79.2 cm³/mol. The Kier molecular flexibility index (Phi) is 4.62. The molecule has 2 N–H and O–H groups in total. The first-order valence-corrected chi connectivity index (χ1v) is 8.26. The van der Waals surface area contributed by atoms with Crippen LogP contribution in [-0.2, 0) is 10.0 Å². The number of piperidine rings is 1. The molecular weight excluding hydrogens is 276 g/mol. The second-order valence-corrected chi connectivity index (χ2v) is 6.98. The number of hydrogen-bond acceptors (Lipinski definition) is 5. The van der Waals surface area contributed by atoms with Gasteiger partial charge in [-0.15, -0.1) is 0 Å². The lowest BCUT2D eigenvalue weighted by Crippen LogP contribution is -2.47. The monoisotopic (exact) mass is 298 g/mol. The first kappa shape index (κ1) is 15.2. The van der Waals surface area contributed by atoms with Gasteiger partial charge in [-0.05, 0) is 39.4 Å². The normalized spacial score (nSPS) is 24.6. The van der Waals surface area contributed by atoms with Crippen LogP contribution >= 0.6 is 0 Å². The van der Waals surface area contributed by atoms with Crippen molar-refractivity contribution in [1.82, 2.24) is 14.6 Å². The molecule has 0 aliphatic carbocycles. The molecule has 0 amide bonds. The standard InChI is InChI=1S/C13H22N4O2S/c1-10-8-11(5-7-17(10)3)16-20(18,19)13-9-15-6-4-12(13)14-2/h4,6,9-11,16H,5,7-8H2,1-3H3,(H,14,15). The Bertz CT molecular complexity index is 561. The van der Waals surface area contributed by atoms with E-state index in [0.717, 1.165) is 19.4 Å². The fourth-order valence-corrected chi connectivity index (χ4v) is 3.92. The summed E-state index contributed by atoms with van der Waals surface area (Å²) in [6.45, 7) is 3.02. The zero-order valence-corrected chi connectivity index (χ0v) is 12.9. The number of sulfonamides is 1. The molecule has 1 fully saturated rings. The van der Waals surface area contributed by atoms with Crippen LogP contribution in [0.1, 0.15) is 19.8 Å². The lowest BCUT2D eigenvalue weighted by Gasteiger charge is -2.35. The molecule has 2 heterocycles. The van der Waals surface area contributed by atoms with Crippen LogP contribution in [0.25, 0.3) is 0 Å². The number of likely N-dealkylation sites (tertiary alicyclic amines) is 1. The summed E-state index contributed by atoms with van der Waals surface area (Å²) in [5.41, 5.74) is 0.563. The van der Waals surface area contributed by atoms with E-state index in [9.17, 15) is 8.42 Å². The lowest BCUT2D eigenvalue weighted by molar-refractivity contribution is 0.178. The van der Waals surface area contributed by atoms with Crippen LogP contribution in [0.15, 0.2) is 23.4 Å². The Hall–Kier alpha value is -1.18. The summed E-state index contributed by atoms with van der Waals surface area (Å²) in [5, 5.41) is 2.89. The smallest absolute Gasteiger partial charge is 0.244 e. The van der Waals surface area contributed by atoms with E-state index < -0.39 is 10.0 Å². The molecule has 0 radical (unpaired) electrons. The quantitative estimate of drug-likeness (QED) is 0.863. The Balaban J connectivity index is 2.15. The first-order valence-electron chi connectivity index (χ1n) is 6.78. The zero-order valence-electron chi connectivity index (χ0n) is 12.1. The van der Waals surface area contributed by atoms with Crippen molar-refractivity contribution in [1.29, 1.82) is 0 Å². The van der Waals surface area contributed by atoms with Gasteiger partial charge in [-0.1, -0.05) is 0 Å². The molecule has 20 heavy (non-hydrogen) atoms. The minimum absolute atomic E-state index is 0.0175. The van der Waals surface area contributed by atoms with Crippen LogP contribution in [0.5, 0.6) is 0 Å². The Labute approximate surface area is 120 Å². The molecule has 2 atom stereocenters. The maximum atomic E-state index is 12.5. The van der Waals surface area contributed by atoms with Gasteiger partial charge in [0.15, 0.2) is 0 Å². The van der Waals surface area contributed by atoms with Crippen molar-refractivity contribution in [2.45, 2.75) is 36.7 Å². The lowest BCUT2D eigenvalue weighted by atomic mass is 10.0. The molecule has 1 aliphatic heterocycles. The van der Waals surface area contributed by atoms with Crippen LogP contribution < -0.4 is 10.0 Å². The molecule has 2 rings (SSSR count). The largest absolute Gasteiger partial charge is 0.387 e. The average Bonchev–Trinajstić information content (AvgIpc) is 2.42. The number of nitrogens with zero attached hydrogens (tertiary/aromatic N) is 2. The Morgan fingerprint density at radius 2 is 2.20 bits per heavy atom. The molecule has 0 bridgehead atoms. The SMILES string of the molecule is CNc1ccncc1S(=O)(=O)NC1CCN(C)C(C)C1. The number of nitrogens with one attached hydrogen (secondary N) is 2. The summed E-state index contributed by atoms with van der Waals surface area (Å²) in [4.78, 5) is 6.36. The van der Waals surface area contributed by atoms with E-state index >= 15 is 0 Å². The Morgan fingerprint density at radius 1 is 1.45 bits per heavy atom. The second kappa shape index (κ2) is 6.07. The maximum absolute atomic E-state index is 12.5. The minimum Gasteiger partial charge on any atom is -0.387 e. The number of hydrogen-bond donors (Lipinski definition) is 2. The highest BCUT2D eigenvalue weighted by Gasteiger charge is 2.28. The predicted octanol–water partition coefficient (Wildman–Crippen LogP) is 0.884. The third-order valence-corrected chi connectivity index (χ3v) is 5.42. The minimum atomic E-state index is -3.54. The van der Waals surface area contributed by atoms with E-state index in [1.807, 2.05) is 0 Å². The summed E-state index contributed by atoms with van der Waals surface area (Å²) >= 11 is 0. The van der Waals surface area contributed by atoms with E-state index in [4.69, 9.17) is 0 Å². The number of anilines is 1. The third kappa shape index (κ3) is 3.28. The second-order valence-electron chi connectivity index (χ2n) is 5.29. The van der Waals surface area contributed by atoms with Gasteiger partial charge < -0.3 is 10.2 Å². The van der Waals surface area contributed by atoms with Crippen molar-refractivity contribution in [3.63, 3.8) is 0 Å². The van der Waals surface area contributed by atoms with Gasteiger partial charge >= 0.3 is 0 Å². The number of rotatable bonds is 4. The van der Waals surface area contributed by atoms with Gasteiger partial charge in [-0.2, -0.15) is 0 Å². The van der Waals surface area contributed by atoms with E-state index in [0.29, 0.717) is 11.7 Å². The summed E-state index contributed by atoms with van der Waals surface area (Å²) < 4.78 is 27.7. The van der Waals surface area contributed by atoms with Crippen molar-refractivity contribution in [2.75, 3.05) is 26.0 Å². The number of pyridine rings is 1. The van der Waals surface area contributed by atoms with Crippen LogP contribution in [0.2, 0.25) is 0 Å². The Morgan fingerprint density at radius 3 is 2.85 bits per heavy atom. The number of aromatic nitrogens is 1. The summed E-state index contributed by atoms with van der Waals surface area (Å²) in [7, 11) is 0.228. The van der Waals surface area contributed by atoms with Crippen LogP contribution in [0, 0.1) is 0 Å². The zero-order chi connectivity index (χ0) is 14.8. The molecule has 7 heteroatoms. The molecule has 112 valence electrons. The summed E-state index contributed by atoms with van der Waals surface area (Å²) in [5.74, 6) is 0. The van der Waals surface area contributed by atoms with E-state index in [1.54, 1.807) is 19.3 Å². The highest BCUT2D eigenvalue weighted by molar-refractivity contribution is 7.89. The molecule has 0 aromatic carbocycles. The van der Waals surface area contributed by atoms with Gasteiger partial charge in [0.25, 0.3) is 0 Å². The topological polar surface area (TPSA) is 74.3 Å². The molecule has 1 saturated heterocycles. The van der Waals surface area contributed by atoms with E-state index in [-0.39, 0.29) is 10.9 Å². The molecule has 0 saturated carbocycles. The fourth-order valence-electron chi connectivity index (χ4n) is 2.48. The summed E-state index contributed by atoms with van der Waals surface area (Å²) in [6, 6.07) is 2.02. The van der Waals surface area contributed by atoms with Crippen molar-refractivity contribution in [3.8, 4) is 0 Å². The van der Waals surface area contributed by atoms with Crippen LogP contribution in [0.4, 0.5) is 5.69 Å². The molecule has 1 aromatic heterocycles. The van der Waals surface area contributed by atoms with Gasteiger partial charge in [0, 0.05) is 31.5 Å². The fraction of sp³-hybridized carbons (Fsp3) is 0.615. The van der Waals surface area contributed by atoms with Crippen molar-refractivity contribution >= 4 is 15.7 Å². The van der Waals surface area contributed by atoms with E-state index in [1.165, 1.54) is 6.20 Å². The highest BCUT2D eigenvalue weighted by atomic mass is 32.2. The van der Waals surface area contributed by atoms with E-state index in [2.05, 4.69) is 33.9 Å². The molecular formula is C13H22N4O2S. The van der Waals surface area contributed by atoms with Gasteiger partial charge in [0.2, 0.25) is 10.0 Å². The summed E-state index contributed by atoms with van der Waals surface area (Å²) in [6.07, 6.45) is 4.61. The van der Waals surface area contributed by atoms with Crippen molar-refractivity contribution < 1.29 is 8.42 Å². The van der Waals surface area contributed by atoms with Gasteiger partial charge in [0.05, 0.1) is 5.69 Å². The highest BCUT2D eigenvalue weighted by Crippen LogP contribution is 2.22. The molecule has 1 aromatic rings. The maximum Gasteiger partial charge on any atom is 0.244 e. The molecule has 1 aliphatic rings. The first-order chi connectivity index (χ1) is 9.44. The van der Waals surface area contributed by atoms with Crippen molar-refractivity contribution in [2.24, 2.45) is 0 Å². The molecule has 2 unspecified atom stereocenters. The van der Waals surface area contributed by atoms with Gasteiger partial charge in [-0.3, -0.25) is 4.98 Å². The van der Waals surface area contributed by atoms with Crippen molar-refractivity contribution in [3.05, 3.63) is 18.5 Å². The van der Waals surface area contributed by atoms with Gasteiger partial charge in [0.1, 0.15) is 4.90 Å². The third-order valence-electron chi connectivity index (χ3n) is 3.87. The molecule has 6 nitrogen and oxygen atoms in total. The van der Waals surface area contributed by atoms with Crippen LogP contribution in [-0.4, -0.2) is 51.0 Å². The van der Waals surface area contributed by atoms with Gasteiger partial charge in [-0.25, -0.2) is 13.1 Å².